The summed E-state index contributed by atoms with van der Waals surface area (Å²) in [7, 11) is 0. The van der Waals surface area contributed by atoms with Crippen LogP contribution in [0.25, 0.3) is 5.69 Å². The Kier molecular flexibility index (Phi) is 4.43. The Bertz CT molecular complexity index is 646. The first-order chi connectivity index (χ1) is 11.1. The Morgan fingerprint density at radius 1 is 1.35 bits per heavy atom. The monoisotopic (exact) mass is 314 g/mol. The van der Waals surface area contributed by atoms with Crippen molar-refractivity contribution in [3.05, 3.63) is 42.5 Å². The van der Waals surface area contributed by atoms with Crippen molar-refractivity contribution in [2.45, 2.75) is 50.7 Å². The predicted octanol–water partition coefficient (Wildman–Crippen LogP) is 2.14. The Morgan fingerprint density at radius 2 is 2.04 bits per heavy atom. The Hall–Kier alpha value is -2.21. The van der Waals surface area contributed by atoms with E-state index in [0.717, 1.165) is 36.9 Å². The first-order valence-corrected chi connectivity index (χ1v) is 8.02. The summed E-state index contributed by atoms with van der Waals surface area (Å²) >= 11 is 0. The fourth-order valence-electron chi connectivity index (χ4n) is 3.14. The van der Waals surface area contributed by atoms with Gasteiger partial charge in [0.05, 0.1) is 23.8 Å². The van der Waals surface area contributed by atoms with E-state index in [0.29, 0.717) is 0 Å². The van der Waals surface area contributed by atoms with Crippen LogP contribution in [0.5, 0.6) is 0 Å². The maximum atomic E-state index is 12.1. The quantitative estimate of drug-likeness (QED) is 0.886. The van der Waals surface area contributed by atoms with Crippen LogP contribution in [0.4, 0.5) is 0 Å². The van der Waals surface area contributed by atoms with Crippen LogP contribution >= 0.6 is 0 Å². The lowest BCUT2D eigenvalue weighted by molar-refractivity contribution is -0.126. The number of nitrogens with zero attached hydrogens (tertiary/aromatic N) is 3. The highest BCUT2D eigenvalue weighted by Gasteiger charge is 2.33. The number of carbonyl (C=O) groups excluding carboxylic acids is 1. The number of hydrogen-bond donors (Lipinski definition) is 2. The third kappa shape index (κ3) is 3.76. The molecule has 23 heavy (non-hydrogen) atoms. The fourth-order valence-corrected chi connectivity index (χ4v) is 3.14. The molecule has 1 heterocycles. The van der Waals surface area contributed by atoms with Gasteiger partial charge in [0, 0.05) is 0 Å². The maximum Gasteiger partial charge on any atom is 0.223 e. The fraction of sp³-hybridized carbons (Fsp3) is 0.471. The molecule has 0 bridgehead atoms. The van der Waals surface area contributed by atoms with Gasteiger partial charge in [0.2, 0.25) is 5.91 Å². The minimum Gasteiger partial charge on any atom is -0.389 e. The average molecular weight is 314 g/mol. The number of rotatable bonds is 5. The Balaban J connectivity index is 1.59. The van der Waals surface area contributed by atoms with Crippen molar-refractivity contribution >= 4 is 5.91 Å². The first-order valence-electron chi connectivity index (χ1n) is 8.02. The Morgan fingerprint density at radius 3 is 2.65 bits per heavy atom. The summed E-state index contributed by atoms with van der Waals surface area (Å²) in [5, 5.41) is 17.4. The number of hydrogen-bond acceptors (Lipinski definition) is 4. The van der Waals surface area contributed by atoms with Gasteiger partial charge in [-0.15, -0.1) is 0 Å². The average Bonchev–Trinajstić information content (AvgIpc) is 3.19. The Labute approximate surface area is 135 Å². The third-order valence-electron chi connectivity index (χ3n) is 4.48. The molecule has 2 N–H and O–H groups in total. The lowest BCUT2D eigenvalue weighted by Gasteiger charge is -2.23. The highest BCUT2D eigenvalue weighted by atomic mass is 16.3. The van der Waals surface area contributed by atoms with Crippen molar-refractivity contribution in [2.75, 3.05) is 0 Å². The molecule has 1 aliphatic carbocycles. The van der Waals surface area contributed by atoms with Crippen LogP contribution in [-0.2, 0) is 4.79 Å². The van der Waals surface area contributed by atoms with Gasteiger partial charge in [-0.25, -0.2) is 9.67 Å². The van der Waals surface area contributed by atoms with Gasteiger partial charge in [0.1, 0.15) is 12.7 Å². The van der Waals surface area contributed by atoms with E-state index in [1.807, 2.05) is 31.2 Å². The van der Waals surface area contributed by atoms with Crippen LogP contribution in [0.15, 0.2) is 36.9 Å². The van der Waals surface area contributed by atoms with Crippen molar-refractivity contribution in [3.8, 4) is 5.69 Å². The van der Waals surface area contributed by atoms with Crippen LogP contribution in [0.3, 0.4) is 0 Å². The molecule has 0 spiro atoms. The number of benzene rings is 1. The van der Waals surface area contributed by atoms with Gasteiger partial charge in [0.25, 0.3) is 0 Å². The summed E-state index contributed by atoms with van der Waals surface area (Å²) in [6, 6.07) is 7.71. The zero-order valence-corrected chi connectivity index (χ0v) is 13.3. The molecule has 1 amide bonds. The van der Waals surface area contributed by atoms with Crippen LogP contribution in [0.2, 0.25) is 0 Å². The van der Waals surface area contributed by atoms with Crippen LogP contribution in [0, 0.1) is 0 Å². The standard InChI is InChI=1S/C17H22N4O2/c1-13(20-16(22)10-17(23)8-2-3-9-17)14-4-6-15(7-5-14)21-12-18-11-19-21/h4-7,11-13,23H,2-3,8-10H2,1H3,(H,20,22). The zero-order chi connectivity index (χ0) is 16.3. The number of nitrogens with one attached hydrogen (secondary N) is 1. The molecule has 1 saturated carbocycles. The summed E-state index contributed by atoms with van der Waals surface area (Å²) in [4.78, 5) is 16.1. The molecule has 1 unspecified atom stereocenters. The van der Waals surface area contributed by atoms with E-state index in [4.69, 9.17) is 0 Å². The van der Waals surface area contributed by atoms with E-state index in [-0.39, 0.29) is 18.4 Å². The van der Waals surface area contributed by atoms with Gasteiger partial charge in [-0.05, 0) is 37.5 Å². The van der Waals surface area contributed by atoms with E-state index in [1.165, 1.54) is 6.33 Å². The normalized spacial score (nSPS) is 17.8. The highest BCUT2D eigenvalue weighted by molar-refractivity contribution is 5.77. The van der Waals surface area contributed by atoms with Crippen molar-refractivity contribution in [3.63, 3.8) is 0 Å². The van der Waals surface area contributed by atoms with Gasteiger partial charge in [0.15, 0.2) is 0 Å². The van der Waals surface area contributed by atoms with E-state index >= 15 is 0 Å². The number of amides is 1. The smallest absolute Gasteiger partial charge is 0.223 e. The minimum atomic E-state index is -0.805. The number of aromatic nitrogens is 3. The molecule has 1 aliphatic rings. The SMILES string of the molecule is CC(NC(=O)CC1(O)CCCC1)c1ccc(-n2cncn2)cc1. The molecule has 6 heteroatoms. The molecule has 1 aromatic carbocycles. The van der Waals surface area contributed by atoms with Crippen LogP contribution < -0.4 is 5.32 Å². The number of aliphatic hydroxyl groups is 1. The first kappa shape index (κ1) is 15.7. The summed E-state index contributed by atoms with van der Waals surface area (Å²) in [6.07, 6.45) is 6.77. The van der Waals surface area contributed by atoms with Crippen LogP contribution in [-0.4, -0.2) is 31.4 Å². The zero-order valence-electron chi connectivity index (χ0n) is 13.3. The second-order valence-electron chi connectivity index (χ2n) is 6.33. The molecule has 3 rings (SSSR count). The molecule has 1 aromatic heterocycles. The molecule has 2 aromatic rings. The van der Waals surface area contributed by atoms with Gasteiger partial charge < -0.3 is 10.4 Å². The predicted molar refractivity (Wildman–Crippen MR) is 86.0 cm³/mol. The maximum absolute atomic E-state index is 12.1. The van der Waals surface area contributed by atoms with Crippen molar-refractivity contribution in [2.24, 2.45) is 0 Å². The topological polar surface area (TPSA) is 80.0 Å². The molecule has 6 nitrogen and oxygen atoms in total. The molecular formula is C17H22N4O2. The molecule has 1 atom stereocenters. The van der Waals surface area contributed by atoms with Crippen molar-refractivity contribution in [1.82, 2.24) is 20.1 Å². The lowest BCUT2D eigenvalue weighted by atomic mass is 9.97. The van der Waals surface area contributed by atoms with Gasteiger partial charge in [-0.1, -0.05) is 25.0 Å². The van der Waals surface area contributed by atoms with Gasteiger partial charge in [-0.2, -0.15) is 5.10 Å². The largest absolute Gasteiger partial charge is 0.389 e. The summed E-state index contributed by atoms with van der Waals surface area (Å²) in [5.41, 5.74) is 1.13. The summed E-state index contributed by atoms with van der Waals surface area (Å²) in [5.74, 6) is -0.0951. The minimum absolute atomic E-state index is 0.0951. The van der Waals surface area contributed by atoms with Crippen molar-refractivity contribution < 1.29 is 9.90 Å². The second-order valence-corrected chi connectivity index (χ2v) is 6.33. The molecular weight excluding hydrogens is 292 g/mol. The van der Waals surface area contributed by atoms with E-state index < -0.39 is 5.60 Å². The molecule has 0 aliphatic heterocycles. The third-order valence-corrected chi connectivity index (χ3v) is 4.48. The van der Waals surface area contributed by atoms with Gasteiger partial charge >= 0.3 is 0 Å². The molecule has 1 fully saturated rings. The van der Waals surface area contributed by atoms with Crippen LogP contribution in [0.1, 0.15) is 50.6 Å². The molecule has 0 saturated heterocycles. The van der Waals surface area contributed by atoms with E-state index in [2.05, 4.69) is 15.4 Å². The van der Waals surface area contributed by atoms with E-state index in [9.17, 15) is 9.90 Å². The second kappa shape index (κ2) is 6.50. The summed E-state index contributed by atoms with van der Waals surface area (Å²) in [6.45, 7) is 1.95. The number of carbonyl (C=O) groups is 1. The summed E-state index contributed by atoms with van der Waals surface area (Å²) < 4.78 is 1.68. The van der Waals surface area contributed by atoms with Gasteiger partial charge in [-0.3, -0.25) is 4.79 Å². The highest BCUT2D eigenvalue weighted by Crippen LogP contribution is 2.32. The van der Waals surface area contributed by atoms with Crippen molar-refractivity contribution in [1.29, 1.82) is 0 Å². The molecule has 0 radical (unpaired) electrons. The van der Waals surface area contributed by atoms with E-state index in [1.54, 1.807) is 11.0 Å². The molecule has 122 valence electrons. The lowest BCUT2D eigenvalue weighted by Crippen LogP contribution is -2.35.